The standard InChI is InChI=1S/C14H25N3O3S/c1-16-10-3-4-11(16)9-17(7-5-10)14(20)15-12(13(18)19)6-8-21-2/h10-12H,3-9H2,1-2H3,(H,15,20)(H,18,19)/t10?,11?,12-/m1/s1. The Kier molecular flexibility index (Phi) is 5.75. The fraction of sp³-hybridized carbons (Fsp3) is 0.857. The van der Waals surface area contributed by atoms with E-state index in [0.29, 0.717) is 31.6 Å². The zero-order chi connectivity index (χ0) is 15.4. The van der Waals surface area contributed by atoms with Crippen LogP contribution in [-0.2, 0) is 4.79 Å². The van der Waals surface area contributed by atoms with E-state index in [0.717, 1.165) is 18.6 Å². The zero-order valence-corrected chi connectivity index (χ0v) is 13.6. The van der Waals surface area contributed by atoms with Crippen molar-refractivity contribution >= 4 is 23.8 Å². The van der Waals surface area contributed by atoms with Crippen molar-refractivity contribution in [1.29, 1.82) is 0 Å². The SMILES string of the molecule is CSCC[C@@H](NC(=O)N1CCC2CCC(C1)N2C)C(=O)O. The summed E-state index contributed by atoms with van der Waals surface area (Å²) in [6, 6.07) is -0.0372. The zero-order valence-electron chi connectivity index (χ0n) is 12.7. The van der Waals surface area contributed by atoms with Crippen LogP contribution in [0.1, 0.15) is 25.7 Å². The molecule has 2 heterocycles. The number of carboxylic acids is 1. The largest absolute Gasteiger partial charge is 0.480 e. The summed E-state index contributed by atoms with van der Waals surface area (Å²) in [5.74, 6) is -0.226. The van der Waals surface area contributed by atoms with Crippen LogP contribution in [0, 0.1) is 0 Å². The summed E-state index contributed by atoms with van der Waals surface area (Å²) in [6.45, 7) is 1.42. The Morgan fingerprint density at radius 1 is 1.33 bits per heavy atom. The maximum absolute atomic E-state index is 12.3. The van der Waals surface area contributed by atoms with Gasteiger partial charge in [0.15, 0.2) is 0 Å². The van der Waals surface area contributed by atoms with Gasteiger partial charge in [0.1, 0.15) is 6.04 Å². The number of rotatable bonds is 5. The summed E-state index contributed by atoms with van der Waals surface area (Å²) in [4.78, 5) is 27.7. The lowest BCUT2D eigenvalue weighted by atomic mass is 10.1. The average Bonchev–Trinajstić information content (AvgIpc) is 2.67. The Bertz CT molecular complexity index is 394. The number of carbonyl (C=O) groups excluding carboxylic acids is 1. The number of hydrogen-bond donors (Lipinski definition) is 2. The predicted molar refractivity (Wildman–Crippen MR) is 83.7 cm³/mol. The Morgan fingerprint density at radius 2 is 2.05 bits per heavy atom. The van der Waals surface area contributed by atoms with Crippen LogP contribution in [-0.4, -0.2) is 77.2 Å². The Labute approximate surface area is 130 Å². The normalized spacial score (nSPS) is 27.2. The lowest BCUT2D eigenvalue weighted by Crippen LogP contribution is -2.50. The Morgan fingerprint density at radius 3 is 2.71 bits per heavy atom. The fourth-order valence-electron chi connectivity index (χ4n) is 3.23. The average molecular weight is 315 g/mol. The first kappa shape index (κ1) is 16.4. The van der Waals surface area contributed by atoms with Crippen molar-refractivity contribution in [2.24, 2.45) is 0 Å². The monoisotopic (exact) mass is 315 g/mol. The van der Waals surface area contributed by atoms with Gasteiger partial charge in [0.2, 0.25) is 0 Å². The minimum Gasteiger partial charge on any atom is -0.480 e. The third-order valence-corrected chi connectivity index (χ3v) is 5.29. The maximum Gasteiger partial charge on any atom is 0.326 e. The molecule has 0 aliphatic carbocycles. The van der Waals surface area contributed by atoms with Gasteiger partial charge in [-0.3, -0.25) is 4.90 Å². The minimum atomic E-state index is -0.953. The van der Waals surface area contributed by atoms with Crippen LogP contribution in [0.15, 0.2) is 0 Å². The smallest absolute Gasteiger partial charge is 0.326 e. The van der Waals surface area contributed by atoms with E-state index in [2.05, 4.69) is 17.3 Å². The summed E-state index contributed by atoms with van der Waals surface area (Å²) < 4.78 is 0. The molecule has 0 aromatic heterocycles. The predicted octanol–water partition coefficient (Wildman–Crippen LogP) is 1.07. The molecule has 2 rings (SSSR count). The molecule has 0 radical (unpaired) electrons. The van der Waals surface area contributed by atoms with Crippen molar-refractivity contribution in [2.75, 3.05) is 32.1 Å². The molecule has 0 spiro atoms. The lowest BCUT2D eigenvalue weighted by Gasteiger charge is -2.27. The molecule has 2 aliphatic rings. The van der Waals surface area contributed by atoms with Crippen LogP contribution in [0.5, 0.6) is 0 Å². The molecule has 2 saturated heterocycles. The Hall–Kier alpha value is -0.950. The van der Waals surface area contributed by atoms with E-state index in [1.54, 1.807) is 16.7 Å². The van der Waals surface area contributed by atoms with E-state index < -0.39 is 12.0 Å². The summed E-state index contributed by atoms with van der Waals surface area (Å²) >= 11 is 1.59. The molecule has 2 bridgehead atoms. The van der Waals surface area contributed by atoms with Crippen LogP contribution >= 0.6 is 11.8 Å². The first-order valence-corrected chi connectivity index (χ1v) is 8.91. The van der Waals surface area contributed by atoms with Crippen molar-refractivity contribution in [3.63, 3.8) is 0 Å². The molecule has 2 aliphatic heterocycles. The molecule has 6 nitrogen and oxygen atoms in total. The highest BCUT2D eigenvalue weighted by atomic mass is 32.2. The van der Waals surface area contributed by atoms with Gasteiger partial charge in [-0.25, -0.2) is 9.59 Å². The highest BCUT2D eigenvalue weighted by molar-refractivity contribution is 7.98. The molecule has 2 amide bonds. The van der Waals surface area contributed by atoms with Gasteiger partial charge in [0.05, 0.1) is 0 Å². The van der Waals surface area contributed by atoms with E-state index in [1.165, 1.54) is 6.42 Å². The van der Waals surface area contributed by atoms with Crippen molar-refractivity contribution in [1.82, 2.24) is 15.1 Å². The number of carbonyl (C=O) groups is 2. The van der Waals surface area contributed by atoms with E-state index in [-0.39, 0.29) is 6.03 Å². The minimum absolute atomic E-state index is 0.232. The number of urea groups is 1. The lowest BCUT2D eigenvalue weighted by molar-refractivity contribution is -0.139. The van der Waals surface area contributed by atoms with Crippen LogP contribution in [0.25, 0.3) is 0 Å². The summed E-state index contributed by atoms with van der Waals surface area (Å²) in [5.41, 5.74) is 0. The van der Waals surface area contributed by atoms with Gasteiger partial charge >= 0.3 is 12.0 Å². The van der Waals surface area contributed by atoms with Gasteiger partial charge in [-0.2, -0.15) is 11.8 Å². The molecule has 2 unspecified atom stereocenters. The third-order valence-electron chi connectivity index (χ3n) is 4.64. The topological polar surface area (TPSA) is 72.9 Å². The van der Waals surface area contributed by atoms with Crippen molar-refractivity contribution in [3.05, 3.63) is 0 Å². The second-order valence-corrected chi connectivity index (χ2v) is 6.89. The second kappa shape index (κ2) is 7.35. The Balaban J connectivity index is 1.91. The van der Waals surface area contributed by atoms with Gasteiger partial charge in [-0.1, -0.05) is 0 Å². The first-order chi connectivity index (χ1) is 10.0. The number of fused-ring (bicyclic) bond motifs is 2. The third kappa shape index (κ3) is 4.03. The van der Waals surface area contributed by atoms with Gasteiger partial charge in [0, 0.05) is 25.2 Å². The van der Waals surface area contributed by atoms with E-state index >= 15 is 0 Å². The number of carboxylic acid groups (broad SMARTS) is 1. The molecular formula is C14H25N3O3S. The first-order valence-electron chi connectivity index (χ1n) is 7.52. The van der Waals surface area contributed by atoms with Crippen molar-refractivity contribution in [2.45, 2.75) is 43.8 Å². The fourth-order valence-corrected chi connectivity index (χ4v) is 3.70. The summed E-state index contributed by atoms with van der Waals surface area (Å²) in [5, 5.41) is 11.9. The number of aliphatic carboxylic acids is 1. The van der Waals surface area contributed by atoms with E-state index in [1.807, 2.05) is 6.26 Å². The molecule has 3 atom stereocenters. The number of hydrogen-bond acceptors (Lipinski definition) is 4. The van der Waals surface area contributed by atoms with Gasteiger partial charge in [-0.05, 0) is 44.7 Å². The van der Waals surface area contributed by atoms with Crippen LogP contribution in [0.3, 0.4) is 0 Å². The molecule has 120 valence electrons. The second-order valence-electron chi connectivity index (χ2n) is 5.91. The maximum atomic E-state index is 12.3. The number of likely N-dealkylation sites (tertiary alicyclic amines) is 1. The molecule has 2 N–H and O–H groups in total. The number of nitrogens with zero attached hydrogens (tertiary/aromatic N) is 2. The van der Waals surface area contributed by atoms with Crippen molar-refractivity contribution in [3.8, 4) is 0 Å². The van der Waals surface area contributed by atoms with Crippen LogP contribution in [0.4, 0.5) is 4.79 Å². The number of nitrogens with one attached hydrogen (secondary N) is 1. The van der Waals surface area contributed by atoms with Crippen LogP contribution < -0.4 is 5.32 Å². The molecule has 0 aromatic carbocycles. The molecule has 0 aromatic rings. The van der Waals surface area contributed by atoms with Gasteiger partial charge < -0.3 is 15.3 Å². The molecule has 0 saturated carbocycles. The van der Waals surface area contributed by atoms with E-state index in [4.69, 9.17) is 0 Å². The molecule has 2 fully saturated rings. The molecular weight excluding hydrogens is 290 g/mol. The highest BCUT2D eigenvalue weighted by Crippen LogP contribution is 2.28. The summed E-state index contributed by atoms with van der Waals surface area (Å²) in [7, 11) is 2.13. The summed E-state index contributed by atoms with van der Waals surface area (Å²) in [6.07, 6.45) is 5.70. The highest BCUT2D eigenvalue weighted by Gasteiger charge is 2.36. The molecule has 7 heteroatoms. The number of amides is 2. The van der Waals surface area contributed by atoms with Crippen molar-refractivity contribution < 1.29 is 14.7 Å². The molecule has 21 heavy (non-hydrogen) atoms. The van der Waals surface area contributed by atoms with E-state index in [9.17, 15) is 14.7 Å². The van der Waals surface area contributed by atoms with Gasteiger partial charge in [-0.15, -0.1) is 0 Å². The quantitative estimate of drug-likeness (QED) is 0.794. The van der Waals surface area contributed by atoms with Gasteiger partial charge in [0.25, 0.3) is 0 Å². The van der Waals surface area contributed by atoms with Crippen LogP contribution in [0.2, 0.25) is 0 Å². The number of thioether (sulfide) groups is 1. The number of likely N-dealkylation sites (N-methyl/N-ethyl adjacent to an activating group) is 1.